The molecule has 0 aliphatic heterocycles. The van der Waals surface area contributed by atoms with E-state index in [4.69, 9.17) is 0 Å². The van der Waals surface area contributed by atoms with Crippen LogP contribution in [-0.4, -0.2) is 28.8 Å². The second kappa shape index (κ2) is 6.42. The maximum Gasteiger partial charge on any atom is 0.216 e. The molecule has 0 heterocycles. The minimum atomic E-state index is -1.53. The second-order valence-electron chi connectivity index (χ2n) is 3.95. The highest BCUT2D eigenvalue weighted by molar-refractivity contribution is 5.72. The fourth-order valence-electron chi connectivity index (χ4n) is 1.50. The normalized spacial score (nSPS) is 14.1. The Labute approximate surface area is 103 Å². The molecule has 1 aromatic rings. The van der Waals surface area contributed by atoms with Gasteiger partial charge in [0.15, 0.2) is 0 Å². The van der Waals surface area contributed by atoms with Crippen LogP contribution in [-0.2, 0) is 4.79 Å². The summed E-state index contributed by atoms with van der Waals surface area (Å²) >= 11 is 0. The smallest absolute Gasteiger partial charge is 0.216 e. The number of hydrogen-bond acceptors (Lipinski definition) is 3. The average Bonchev–Trinajstić information content (AvgIpc) is 2.30. The van der Waals surface area contributed by atoms with Gasteiger partial charge in [-0.1, -0.05) is 0 Å². The molecular formula is C12H15F2NO3. The van der Waals surface area contributed by atoms with Gasteiger partial charge in [0.05, 0.1) is 6.10 Å². The fraction of sp³-hybridized carbons (Fsp3) is 0.417. The maximum absolute atomic E-state index is 13.3. The highest BCUT2D eigenvalue weighted by Crippen LogP contribution is 2.22. The third kappa shape index (κ3) is 4.05. The van der Waals surface area contributed by atoms with E-state index < -0.39 is 23.8 Å². The molecule has 0 saturated heterocycles. The first-order chi connectivity index (χ1) is 8.41. The number of halogens is 2. The van der Waals surface area contributed by atoms with Crippen molar-refractivity contribution in [2.75, 3.05) is 6.54 Å². The van der Waals surface area contributed by atoms with Crippen molar-refractivity contribution in [1.82, 2.24) is 5.32 Å². The van der Waals surface area contributed by atoms with Crippen LogP contribution < -0.4 is 5.32 Å². The summed E-state index contributed by atoms with van der Waals surface area (Å²) in [6, 6.07) is 2.64. The molecule has 100 valence electrons. The molecule has 3 N–H and O–H groups in total. The summed E-state index contributed by atoms with van der Waals surface area (Å²) in [5, 5.41) is 21.7. The van der Waals surface area contributed by atoms with Gasteiger partial charge in [0.1, 0.15) is 17.7 Å². The molecular weight excluding hydrogens is 244 g/mol. The van der Waals surface area contributed by atoms with Gasteiger partial charge in [-0.15, -0.1) is 0 Å². The third-order valence-electron chi connectivity index (χ3n) is 2.46. The van der Waals surface area contributed by atoms with Crippen LogP contribution in [0.1, 0.15) is 25.0 Å². The minimum absolute atomic E-state index is 0.0384. The van der Waals surface area contributed by atoms with Crippen molar-refractivity contribution < 1.29 is 23.8 Å². The number of aliphatic hydroxyl groups is 2. The zero-order valence-electron chi connectivity index (χ0n) is 9.86. The summed E-state index contributed by atoms with van der Waals surface area (Å²) in [6.07, 6.45) is -2.78. The van der Waals surface area contributed by atoms with Gasteiger partial charge in [0, 0.05) is 19.0 Å². The Kier molecular flexibility index (Phi) is 5.18. The quantitative estimate of drug-likeness (QED) is 0.735. The van der Waals surface area contributed by atoms with Gasteiger partial charge < -0.3 is 15.5 Å². The van der Waals surface area contributed by atoms with Crippen LogP contribution in [0.15, 0.2) is 18.2 Å². The minimum Gasteiger partial charge on any atom is -0.390 e. The molecule has 2 unspecified atom stereocenters. The molecule has 1 amide bonds. The van der Waals surface area contributed by atoms with Crippen LogP contribution in [0.25, 0.3) is 0 Å². The van der Waals surface area contributed by atoms with E-state index in [0.717, 1.165) is 18.2 Å². The highest BCUT2D eigenvalue weighted by atomic mass is 19.1. The van der Waals surface area contributed by atoms with E-state index in [1.54, 1.807) is 0 Å². The summed E-state index contributed by atoms with van der Waals surface area (Å²) in [7, 11) is 0. The van der Waals surface area contributed by atoms with Crippen molar-refractivity contribution in [2.24, 2.45) is 0 Å². The Bertz CT molecular complexity index is 426. The molecule has 0 bridgehead atoms. The van der Waals surface area contributed by atoms with Crippen LogP contribution in [0.2, 0.25) is 0 Å². The Balaban J connectivity index is 2.64. The zero-order valence-corrected chi connectivity index (χ0v) is 9.86. The fourth-order valence-corrected chi connectivity index (χ4v) is 1.50. The lowest BCUT2D eigenvalue weighted by Crippen LogP contribution is -2.28. The van der Waals surface area contributed by atoms with Crippen molar-refractivity contribution in [3.05, 3.63) is 35.4 Å². The van der Waals surface area contributed by atoms with E-state index in [0.29, 0.717) is 0 Å². The van der Waals surface area contributed by atoms with Crippen molar-refractivity contribution in [1.29, 1.82) is 0 Å². The Morgan fingerprint density at radius 2 is 2.06 bits per heavy atom. The first-order valence-corrected chi connectivity index (χ1v) is 5.47. The monoisotopic (exact) mass is 259 g/mol. The van der Waals surface area contributed by atoms with Crippen LogP contribution in [0.3, 0.4) is 0 Å². The SMILES string of the molecule is CC(=O)NCCC(O)C(O)c1cc(F)ccc1F. The summed E-state index contributed by atoms with van der Waals surface area (Å²) in [5.41, 5.74) is -0.301. The molecule has 0 fully saturated rings. The molecule has 0 aromatic heterocycles. The van der Waals surface area contributed by atoms with Gasteiger partial charge in [-0.25, -0.2) is 8.78 Å². The van der Waals surface area contributed by atoms with Gasteiger partial charge in [-0.3, -0.25) is 4.79 Å². The predicted molar refractivity (Wildman–Crippen MR) is 60.6 cm³/mol. The first kappa shape index (κ1) is 14.5. The summed E-state index contributed by atoms with van der Waals surface area (Å²) in [6.45, 7) is 1.46. The van der Waals surface area contributed by atoms with Gasteiger partial charge in [0.2, 0.25) is 5.91 Å². The Morgan fingerprint density at radius 1 is 1.39 bits per heavy atom. The number of amides is 1. The Morgan fingerprint density at radius 3 is 2.67 bits per heavy atom. The van der Waals surface area contributed by atoms with Crippen molar-refractivity contribution in [2.45, 2.75) is 25.6 Å². The average molecular weight is 259 g/mol. The standard InChI is InChI=1S/C12H15F2NO3/c1-7(16)15-5-4-11(17)12(18)9-6-8(13)2-3-10(9)14/h2-3,6,11-12,17-18H,4-5H2,1H3,(H,15,16). The lowest BCUT2D eigenvalue weighted by Gasteiger charge is -2.18. The van der Waals surface area contributed by atoms with E-state index in [9.17, 15) is 23.8 Å². The van der Waals surface area contributed by atoms with Crippen LogP contribution in [0.4, 0.5) is 8.78 Å². The molecule has 4 nitrogen and oxygen atoms in total. The summed E-state index contributed by atoms with van der Waals surface area (Å²) < 4.78 is 26.2. The molecule has 0 radical (unpaired) electrons. The molecule has 0 aliphatic rings. The molecule has 18 heavy (non-hydrogen) atoms. The highest BCUT2D eigenvalue weighted by Gasteiger charge is 2.21. The lowest BCUT2D eigenvalue weighted by molar-refractivity contribution is -0.119. The van der Waals surface area contributed by atoms with Gasteiger partial charge in [0.25, 0.3) is 0 Å². The predicted octanol–water partition coefficient (Wildman–Crippen LogP) is 0.885. The number of aliphatic hydroxyl groups excluding tert-OH is 2. The molecule has 0 saturated carbocycles. The Hall–Kier alpha value is -1.53. The molecule has 2 atom stereocenters. The number of rotatable bonds is 5. The molecule has 1 rings (SSSR count). The molecule has 6 heteroatoms. The summed E-state index contributed by atoms with van der Waals surface area (Å²) in [5.74, 6) is -1.75. The van der Waals surface area contributed by atoms with Crippen LogP contribution in [0, 0.1) is 11.6 Å². The number of carbonyl (C=O) groups excluding carboxylic acids is 1. The van der Waals surface area contributed by atoms with E-state index in [1.165, 1.54) is 6.92 Å². The number of nitrogens with one attached hydrogen (secondary N) is 1. The van der Waals surface area contributed by atoms with E-state index in [-0.39, 0.29) is 24.4 Å². The first-order valence-electron chi connectivity index (χ1n) is 5.47. The number of carbonyl (C=O) groups is 1. The molecule has 1 aromatic carbocycles. The van der Waals surface area contributed by atoms with Crippen LogP contribution in [0.5, 0.6) is 0 Å². The van der Waals surface area contributed by atoms with Crippen molar-refractivity contribution >= 4 is 5.91 Å². The van der Waals surface area contributed by atoms with E-state index in [2.05, 4.69) is 5.32 Å². The topological polar surface area (TPSA) is 69.6 Å². The molecule has 0 spiro atoms. The van der Waals surface area contributed by atoms with Gasteiger partial charge in [-0.05, 0) is 24.6 Å². The van der Waals surface area contributed by atoms with Gasteiger partial charge >= 0.3 is 0 Å². The largest absolute Gasteiger partial charge is 0.390 e. The lowest BCUT2D eigenvalue weighted by atomic mass is 10.0. The third-order valence-corrected chi connectivity index (χ3v) is 2.46. The second-order valence-corrected chi connectivity index (χ2v) is 3.95. The zero-order chi connectivity index (χ0) is 13.7. The number of hydrogen-bond donors (Lipinski definition) is 3. The number of benzene rings is 1. The molecule has 0 aliphatic carbocycles. The van der Waals surface area contributed by atoms with E-state index in [1.807, 2.05) is 0 Å². The van der Waals surface area contributed by atoms with Crippen molar-refractivity contribution in [3.63, 3.8) is 0 Å². The van der Waals surface area contributed by atoms with E-state index >= 15 is 0 Å². The summed E-state index contributed by atoms with van der Waals surface area (Å²) in [4.78, 5) is 10.6. The van der Waals surface area contributed by atoms with Gasteiger partial charge in [-0.2, -0.15) is 0 Å². The maximum atomic E-state index is 13.3. The van der Waals surface area contributed by atoms with Crippen molar-refractivity contribution in [3.8, 4) is 0 Å². The van der Waals surface area contributed by atoms with Crippen LogP contribution >= 0.6 is 0 Å².